The molecule has 1 atom stereocenters. The molecule has 7 nitrogen and oxygen atoms in total. The normalized spacial score (nSPS) is 18.4. The maximum Gasteiger partial charge on any atom is 0.161 e. The zero-order chi connectivity index (χ0) is 24.8. The van der Waals surface area contributed by atoms with Crippen molar-refractivity contribution in [1.82, 2.24) is 14.7 Å². The Morgan fingerprint density at radius 3 is 2.69 bits per heavy atom. The van der Waals surface area contributed by atoms with Gasteiger partial charge in [-0.05, 0) is 74.2 Å². The van der Waals surface area contributed by atoms with Crippen LogP contribution in [0.25, 0.3) is 0 Å². The molecule has 1 saturated heterocycles. The molecule has 1 N–H and O–H groups in total. The monoisotopic (exact) mass is 499 g/mol. The minimum atomic E-state index is -0.932. The molecule has 1 aromatic heterocycles. The first kappa shape index (κ1) is 25.4. The summed E-state index contributed by atoms with van der Waals surface area (Å²) in [7, 11) is 1.64. The van der Waals surface area contributed by atoms with Crippen LogP contribution in [0.15, 0.2) is 48.8 Å². The lowest BCUT2D eigenvalue weighted by molar-refractivity contribution is -0.0621. The predicted molar refractivity (Wildman–Crippen MR) is 137 cm³/mol. The maximum absolute atomic E-state index is 11.2. The first-order valence-electron chi connectivity index (χ1n) is 12.0. The average Bonchev–Trinajstić information content (AvgIpc) is 3.25. The van der Waals surface area contributed by atoms with Gasteiger partial charge in [-0.15, -0.1) is 0 Å². The highest BCUT2D eigenvalue weighted by atomic mass is 35.5. The van der Waals surface area contributed by atoms with Crippen molar-refractivity contribution in [2.75, 3.05) is 33.4 Å². The number of likely N-dealkylation sites (tertiary alicyclic amines) is 1. The topological polar surface area (TPSA) is 69.0 Å². The molecule has 0 radical (unpaired) electrons. The molecule has 0 spiro atoms. The summed E-state index contributed by atoms with van der Waals surface area (Å²) >= 11 is 6.26. The van der Waals surface area contributed by atoms with E-state index in [1.165, 1.54) is 0 Å². The Labute approximate surface area is 212 Å². The summed E-state index contributed by atoms with van der Waals surface area (Å²) in [6.07, 6.45) is 5.41. The fourth-order valence-corrected chi connectivity index (χ4v) is 4.59. The number of hydrogen-bond acceptors (Lipinski definition) is 6. The van der Waals surface area contributed by atoms with Crippen LogP contribution in [0.3, 0.4) is 0 Å². The molecule has 1 aliphatic rings. The molecular weight excluding hydrogens is 466 g/mol. The Balaban J connectivity index is 1.35. The number of aryl methyl sites for hydroxylation is 2. The van der Waals surface area contributed by atoms with Crippen LogP contribution in [0.5, 0.6) is 17.2 Å². The second-order valence-corrected chi connectivity index (χ2v) is 9.78. The van der Waals surface area contributed by atoms with Crippen molar-refractivity contribution >= 4 is 11.6 Å². The highest BCUT2D eigenvalue weighted by Crippen LogP contribution is 2.31. The first-order valence-corrected chi connectivity index (χ1v) is 12.3. The highest BCUT2D eigenvalue weighted by molar-refractivity contribution is 6.32. The summed E-state index contributed by atoms with van der Waals surface area (Å²) < 4.78 is 19.3. The molecule has 8 heteroatoms. The molecule has 2 aromatic carbocycles. The molecule has 3 aromatic rings. The number of ether oxygens (including phenoxy) is 3. The van der Waals surface area contributed by atoms with Gasteiger partial charge in [0.15, 0.2) is 11.5 Å². The summed E-state index contributed by atoms with van der Waals surface area (Å²) in [5.74, 6) is 2.02. The molecule has 2 heterocycles. The fourth-order valence-electron chi connectivity index (χ4n) is 4.42. The Morgan fingerprint density at radius 1 is 1.06 bits per heavy atom. The van der Waals surface area contributed by atoms with Gasteiger partial charge in [0.1, 0.15) is 24.6 Å². The Kier molecular flexibility index (Phi) is 8.21. The van der Waals surface area contributed by atoms with Crippen molar-refractivity contribution in [2.24, 2.45) is 0 Å². The number of hydrogen-bond donors (Lipinski definition) is 1. The van der Waals surface area contributed by atoms with Gasteiger partial charge >= 0.3 is 0 Å². The number of benzene rings is 2. The second-order valence-electron chi connectivity index (χ2n) is 9.38. The van der Waals surface area contributed by atoms with E-state index in [1.54, 1.807) is 7.11 Å². The minimum Gasteiger partial charge on any atom is -0.493 e. The molecule has 0 bridgehead atoms. The largest absolute Gasteiger partial charge is 0.493 e. The first-order chi connectivity index (χ1) is 16.8. The Bertz CT molecular complexity index is 1140. The van der Waals surface area contributed by atoms with Crippen molar-refractivity contribution in [3.63, 3.8) is 0 Å². The number of aliphatic hydroxyl groups is 1. The molecule has 1 aliphatic heterocycles. The van der Waals surface area contributed by atoms with Gasteiger partial charge in [0, 0.05) is 19.3 Å². The summed E-state index contributed by atoms with van der Waals surface area (Å²) in [6, 6.07) is 11.7. The van der Waals surface area contributed by atoms with Crippen molar-refractivity contribution in [3.8, 4) is 17.2 Å². The molecule has 35 heavy (non-hydrogen) atoms. The summed E-state index contributed by atoms with van der Waals surface area (Å²) in [5.41, 5.74) is 2.36. The van der Waals surface area contributed by atoms with E-state index < -0.39 is 5.60 Å². The lowest BCUT2D eigenvalue weighted by Crippen LogP contribution is -2.51. The molecular formula is C27H34ClN3O4. The summed E-state index contributed by atoms with van der Waals surface area (Å²) in [6.45, 7) is 7.50. The second kappa shape index (κ2) is 11.3. The van der Waals surface area contributed by atoms with Crippen LogP contribution < -0.4 is 14.2 Å². The average molecular weight is 500 g/mol. The van der Waals surface area contributed by atoms with E-state index in [0.717, 1.165) is 29.7 Å². The molecule has 1 unspecified atom stereocenters. The van der Waals surface area contributed by atoms with E-state index in [2.05, 4.69) is 10.00 Å². The lowest BCUT2D eigenvalue weighted by atomic mass is 9.93. The van der Waals surface area contributed by atoms with Crippen LogP contribution in [0, 0.1) is 13.8 Å². The van der Waals surface area contributed by atoms with Gasteiger partial charge in [0.05, 0.1) is 24.9 Å². The minimum absolute atomic E-state index is 0.205. The number of piperidine rings is 1. The predicted octanol–water partition coefficient (Wildman–Crippen LogP) is 4.65. The van der Waals surface area contributed by atoms with Crippen LogP contribution in [0.1, 0.15) is 29.5 Å². The van der Waals surface area contributed by atoms with Gasteiger partial charge in [0.25, 0.3) is 0 Å². The van der Waals surface area contributed by atoms with E-state index in [0.29, 0.717) is 54.9 Å². The van der Waals surface area contributed by atoms with Crippen molar-refractivity contribution in [2.45, 2.75) is 45.4 Å². The quantitative estimate of drug-likeness (QED) is 0.438. The van der Waals surface area contributed by atoms with Gasteiger partial charge in [-0.3, -0.25) is 9.58 Å². The number of methoxy groups -OCH3 is 1. The van der Waals surface area contributed by atoms with Crippen LogP contribution in [0.4, 0.5) is 0 Å². The number of halogens is 1. The third-order valence-electron chi connectivity index (χ3n) is 6.19. The molecule has 0 amide bonds. The van der Waals surface area contributed by atoms with Crippen LogP contribution in [0.2, 0.25) is 5.02 Å². The van der Waals surface area contributed by atoms with Gasteiger partial charge in [0.2, 0.25) is 0 Å². The summed E-state index contributed by atoms with van der Waals surface area (Å²) in [4.78, 5) is 2.25. The number of β-amino-alcohol motifs (C(OH)–C–C–N with tert-alkyl or cyclic N) is 1. The highest BCUT2D eigenvalue weighted by Gasteiger charge is 2.34. The number of rotatable bonds is 10. The van der Waals surface area contributed by atoms with Crippen molar-refractivity contribution < 1.29 is 19.3 Å². The van der Waals surface area contributed by atoms with Crippen LogP contribution >= 0.6 is 11.6 Å². The number of aromatic nitrogens is 2. The number of nitrogens with zero attached hydrogens (tertiary/aromatic N) is 3. The van der Waals surface area contributed by atoms with Crippen LogP contribution in [-0.4, -0.2) is 58.8 Å². The fraction of sp³-hybridized carbons (Fsp3) is 0.444. The van der Waals surface area contributed by atoms with Gasteiger partial charge in [-0.1, -0.05) is 23.7 Å². The van der Waals surface area contributed by atoms with Crippen molar-refractivity contribution in [3.05, 3.63) is 70.5 Å². The van der Waals surface area contributed by atoms with E-state index in [-0.39, 0.29) is 6.61 Å². The van der Waals surface area contributed by atoms with E-state index >= 15 is 0 Å². The maximum atomic E-state index is 11.2. The van der Waals surface area contributed by atoms with Gasteiger partial charge < -0.3 is 19.3 Å². The van der Waals surface area contributed by atoms with Crippen molar-refractivity contribution in [1.29, 1.82) is 0 Å². The molecule has 0 saturated carbocycles. The van der Waals surface area contributed by atoms with Gasteiger partial charge in [-0.25, -0.2) is 0 Å². The van der Waals surface area contributed by atoms with Gasteiger partial charge in [-0.2, -0.15) is 5.10 Å². The molecule has 4 rings (SSSR count). The molecule has 0 aliphatic carbocycles. The third kappa shape index (κ3) is 6.90. The lowest BCUT2D eigenvalue weighted by Gasteiger charge is -2.39. The third-order valence-corrected chi connectivity index (χ3v) is 6.50. The standard InChI is InChI=1S/C27H34ClN3O4/c1-20-5-7-23(28)25(13-20)35-19-27(32)9-4-10-30(18-27)17-22-6-8-24(33-3)26(14-22)34-12-11-31-16-21(2)15-29-31/h5-8,13-16,32H,4,9-12,17-19H2,1-3H3. The zero-order valence-corrected chi connectivity index (χ0v) is 21.4. The van der Waals surface area contributed by atoms with E-state index in [9.17, 15) is 5.11 Å². The van der Waals surface area contributed by atoms with E-state index in [4.69, 9.17) is 25.8 Å². The SMILES string of the molecule is COc1ccc(CN2CCCC(O)(COc3cc(C)ccc3Cl)C2)cc1OCCn1cc(C)cn1. The molecule has 188 valence electrons. The summed E-state index contributed by atoms with van der Waals surface area (Å²) in [5, 5.41) is 16.1. The van der Waals surface area contributed by atoms with E-state index in [1.807, 2.05) is 67.3 Å². The van der Waals surface area contributed by atoms with Crippen LogP contribution in [-0.2, 0) is 13.1 Å². The Morgan fingerprint density at radius 2 is 1.91 bits per heavy atom. The Hall–Kier alpha value is -2.74. The smallest absolute Gasteiger partial charge is 0.161 e. The zero-order valence-electron chi connectivity index (χ0n) is 20.7. The molecule has 1 fully saturated rings.